The van der Waals surface area contributed by atoms with E-state index in [0.29, 0.717) is 12.4 Å². The fraction of sp³-hybridized carbons (Fsp3) is 0.217. The lowest BCUT2D eigenvalue weighted by Gasteiger charge is -2.30. The minimum atomic E-state index is -0.878. The van der Waals surface area contributed by atoms with Crippen LogP contribution < -0.4 is 16.0 Å². The molecule has 0 saturated carbocycles. The van der Waals surface area contributed by atoms with Gasteiger partial charge in [0, 0.05) is 28.6 Å². The number of halogens is 2. The van der Waals surface area contributed by atoms with E-state index in [1.54, 1.807) is 12.1 Å². The number of fused-ring (bicyclic) bond motifs is 3. The number of benzene rings is 2. The molecule has 0 unspecified atom stereocenters. The second kappa shape index (κ2) is 8.02. The predicted octanol–water partition coefficient (Wildman–Crippen LogP) is 4.18. The molecule has 2 aromatic carbocycles. The normalized spacial score (nSPS) is 14.6. The third kappa shape index (κ3) is 3.66. The number of rotatable bonds is 3. The lowest BCUT2D eigenvalue weighted by atomic mass is 9.91. The highest BCUT2D eigenvalue weighted by Gasteiger charge is 2.32. The lowest BCUT2D eigenvalue weighted by molar-refractivity contribution is -0.0306. The van der Waals surface area contributed by atoms with Crippen molar-refractivity contribution in [2.45, 2.75) is 25.9 Å². The predicted molar refractivity (Wildman–Crippen MR) is 126 cm³/mol. The average molecular weight is 498 g/mol. The van der Waals surface area contributed by atoms with Crippen molar-refractivity contribution in [3.05, 3.63) is 78.2 Å². The van der Waals surface area contributed by atoms with Crippen LogP contribution in [0.5, 0.6) is 11.5 Å². The van der Waals surface area contributed by atoms with Crippen molar-refractivity contribution in [1.82, 2.24) is 19.7 Å². The van der Waals surface area contributed by atoms with Gasteiger partial charge in [-0.05, 0) is 44.2 Å². The van der Waals surface area contributed by atoms with Crippen molar-refractivity contribution in [2.24, 2.45) is 0 Å². The van der Waals surface area contributed by atoms with Gasteiger partial charge >= 0.3 is 5.69 Å². The fourth-order valence-corrected chi connectivity index (χ4v) is 4.73. The second-order valence-corrected chi connectivity index (χ2v) is 9.08. The molecule has 0 atom stereocenters. The molecule has 9 nitrogen and oxygen atoms in total. The van der Waals surface area contributed by atoms with E-state index in [2.05, 4.69) is 10.1 Å². The largest absolute Gasteiger partial charge is 0.454 e. The third-order valence-electron chi connectivity index (χ3n) is 5.65. The summed E-state index contributed by atoms with van der Waals surface area (Å²) in [6.07, 6.45) is 0.800. The molecular weight excluding hydrogens is 481 g/mol. The van der Waals surface area contributed by atoms with E-state index in [0.717, 1.165) is 33.3 Å². The van der Waals surface area contributed by atoms with Crippen molar-refractivity contribution in [1.29, 1.82) is 5.26 Å². The minimum Gasteiger partial charge on any atom is -0.454 e. The Kier molecular flexibility index (Phi) is 5.24. The van der Waals surface area contributed by atoms with E-state index >= 15 is 0 Å². The first-order valence-electron chi connectivity index (χ1n) is 10.3. The van der Waals surface area contributed by atoms with E-state index in [9.17, 15) is 9.59 Å². The third-order valence-corrected chi connectivity index (χ3v) is 6.21. The van der Waals surface area contributed by atoms with Crippen LogP contribution in [0, 0.1) is 11.3 Å². The maximum absolute atomic E-state index is 12.2. The molecule has 5 rings (SSSR count). The molecule has 0 amide bonds. The maximum atomic E-state index is 12.2. The molecule has 1 aliphatic heterocycles. The standard InChI is InChI=1S/C23H17Cl2N5O4/c1-23(2)19-13-9-12(3-4-16(13)27-17(19)5-6-33-23)34-20-14(24)7-11(8-15(20)25)30-22(32)28-21(31)18(10-26)29-30/h3-4,7-9,27H,5-6H2,1-2H3,(H,28,31,32). The Labute approximate surface area is 202 Å². The highest BCUT2D eigenvalue weighted by Crippen LogP contribution is 2.42. The van der Waals surface area contributed by atoms with Crippen LogP contribution in [0.2, 0.25) is 10.0 Å². The highest BCUT2D eigenvalue weighted by molar-refractivity contribution is 6.37. The Morgan fingerprint density at radius 1 is 1.18 bits per heavy atom. The van der Waals surface area contributed by atoms with Crippen molar-refractivity contribution >= 4 is 34.1 Å². The molecule has 2 aromatic heterocycles. The van der Waals surface area contributed by atoms with Crippen LogP contribution in [0.4, 0.5) is 0 Å². The summed E-state index contributed by atoms with van der Waals surface area (Å²) < 4.78 is 12.8. The highest BCUT2D eigenvalue weighted by atomic mass is 35.5. The SMILES string of the molecule is CC1(C)OCCc2[nH]c3ccc(Oc4c(Cl)cc(-n5nc(C#N)c(=O)[nH]c5=O)cc4Cl)cc3c21. The quantitative estimate of drug-likeness (QED) is 0.437. The van der Waals surface area contributed by atoms with E-state index in [1.807, 2.05) is 31.0 Å². The number of hydrogen-bond acceptors (Lipinski definition) is 6. The molecule has 0 spiro atoms. The summed E-state index contributed by atoms with van der Waals surface area (Å²) >= 11 is 12.9. The molecule has 1 aliphatic rings. The van der Waals surface area contributed by atoms with Crippen LogP contribution in [-0.2, 0) is 16.8 Å². The Morgan fingerprint density at radius 2 is 1.91 bits per heavy atom. The first-order chi connectivity index (χ1) is 16.2. The van der Waals surface area contributed by atoms with Gasteiger partial charge in [-0.25, -0.2) is 4.79 Å². The van der Waals surface area contributed by atoms with Crippen LogP contribution >= 0.6 is 23.2 Å². The van der Waals surface area contributed by atoms with Gasteiger partial charge in [-0.3, -0.25) is 9.78 Å². The molecule has 11 heteroatoms. The van der Waals surface area contributed by atoms with Gasteiger partial charge in [0.05, 0.1) is 27.9 Å². The topological polar surface area (TPSA) is 126 Å². The summed E-state index contributed by atoms with van der Waals surface area (Å²) in [6, 6.07) is 10.1. The summed E-state index contributed by atoms with van der Waals surface area (Å²) in [7, 11) is 0. The first kappa shape index (κ1) is 22.2. The van der Waals surface area contributed by atoms with Gasteiger partial charge in [-0.2, -0.15) is 9.94 Å². The van der Waals surface area contributed by atoms with Crippen LogP contribution in [0.1, 0.15) is 30.8 Å². The molecule has 34 heavy (non-hydrogen) atoms. The molecule has 0 saturated heterocycles. The average Bonchev–Trinajstić information content (AvgIpc) is 3.15. The maximum Gasteiger partial charge on any atom is 0.349 e. The Morgan fingerprint density at radius 3 is 2.62 bits per heavy atom. The minimum absolute atomic E-state index is 0.112. The van der Waals surface area contributed by atoms with Gasteiger partial charge in [-0.1, -0.05) is 23.2 Å². The van der Waals surface area contributed by atoms with Gasteiger partial charge in [-0.15, -0.1) is 5.10 Å². The number of nitrogens with one attached hydrogen (secondary N) is 2. The summed E-state index contributed by atoms with van der Waals surface area (Å²) in [5.41, 5.74) is 0.731. The lowest BCUT2D eigenvalue weighted by Crippen LogP contribution is -2.33. The van der Waals surface area contributed by atoms with E-state index in [4.69, 9.17) is 37.9 Å². The summed E-state index contributed by atoms with van der Waals surface area (Å²) in [4.78, 5) is 29.3. The molecule has 0 fully saturated rings. The summed E-state index contributed by atoms with van der Waals surface area (Å²) in [5.74, 6) is 0.697. The smallest absolute Gasteiger partial charge is 0.349 e. The van der Waals surface area contributed by atoms with Crippen LogP contribution in [-0.4, -0.2) is 26.4 Å². The van der Waals surface area contributed by atoms with Gasteiger partial charge in [0.25, 0.3) is 5.56 Å². The molecule has 0 bridgehead atoms. The van der Waals surface area contributed by atoms with Crippen molar-refractivity contribution in [3.8, 4) is 23.3 Å². The zero-order valence-electron chi connectivity index (χ0n) is 18.0. The van der Waals surface area contributed by atoms with Crippen LogP contribution in [0.25, 0.3) is 16.6 Å². The number of ether oxygens (including phenoxy) is 2. The first-order valence-corrected chi connectivity index (χ1v) is 11.0. The molecule has 172 valence electrons. The number of aromatic nitrogens is 4. The Balaban J connectivity index is 1.55. The van der Waals surface area contributed by atoms with Crippen molar-refractivity contribution in [2.75, 3.05) is 6.61 Å². The Hall–Kier alpha value is -3.58. The fourth-order valence-electron chi connectivity index (χ4n) is 4.18. The number of H-pyrrole nitrogens is 2. The monoisotopic (exact) mass is 497 g/mol. The zero-order chi connectivity index (χ0) is 24.2. The van der Waals surface area contributed by atoms with Crippen molar-refractivity contribution < 1.29 is 9.47 Å². The molecule has 4 aromatic rings. The number of hydrogen-bond donors (Lipinski definition) is 2. The summed E-state index contributed by atoms with van der Waals surface area (Å²) in [6.45, 7) is 4.71. The number of aromatic amines is 2. The molecule has 0 radical (unpaired) electrons. The van der Waals surface area contributed by atoms with Crippen LogP contribution in [0.15, 0.2) is 39.9 Å². The molecule has 2 N–H and O–H groups in total. The summed E-state index contributed by atoms with van der Waals surface area (Å²) in [5, 5.41) is 14.0. The second-order valence-electron chi connectivity index (χ2n) is 8.27. The van der Waals surface area contributed by atoms with Crippen LogP contribution in [0.3, 0.4) is 0 Å². The number of nitriles is 1. The van der Waals surface area contributed by atoms with E-state index in [1.165, 1.54) is 12.1 Å². The number of nitrogens with zero attached hydrogens (tertiary/aromatic N) is 3. The molecule has 0 aliphatic carbocycles. The van der Waals surface area contributed by atoms with Gasteiger partial charge in [0.2, 0.25) is 5.69 Å². The van der Waals surface area contributed by atoms with E-state index < -0.39 is 22.5 Å². The Bertz CT molecular complexity index is 1600. The van der Waals surface area contributed by atoms with Gasteiger partial charge in [0.15, 0.2) is 5.75 Å². The molecular formula is C23H17Cl2N5O4. The molecule has 3 heterocycles. The van der Waals surface area contributed by atoms with E-state index in [-0.39, 0.29) is 21.5 Å². The van der Waals surface area contributed by atoms with Gasteiger partial charge < -0.3 is 14.5 Å². The zero-order valence-corrected chi connectivity index (χ0v) is 19.5. The van der Waals surface area contributed by atoms with Gasteiger partial charge in [0.1, 0.15) is 11.8 Å². The van der Waals surface area contributed by atoms with Crippen molar-refractivity contribution in [3.63, 3.8) is 0 Å².